The second-order valence-corrected chi connectivity index (χ2v) is 15.9. The van der Waals surface area contributed by atoms with E-state index in [0.29, 0.717) is 0 Å². The molecule has 0 spiro atoms. The lowest BCUT2D eigenvalue weighted by atomic mass is 9.30. The van der Waals surface area contributed by atoms with Crippen molar-refractivity contribution in [3.8, 4) is 0 Å². The van der Waals surface area contributed by atoms with Crippen molar-refractivity contribution in [2.75, 3.05) is 19.6 Å². The van der Waals surface area contributed by atoms with E-state index in [0.717, 1.165) is 34.3 Å². The topological polar surface area (TPSA) is 25.9 Å². The normalized spacial score (nSPS) is 13.8. The van der Waals surface area contributed by atoms with Crippen LogP contribution in [0.3, 0.4) is 0 Å². The molecule has 0 aliphatic carbocycles. The summed E-state index contributed by atoms with van der Waals surface area (Å²) in [6.45, 7) is -0.0613. The summed E-state index contributed by atoms with van der Waals surface area (Å²) in [6.07, 6.45) is 1.93. The number of aromatic nitrogens is 1. The summed E-state index contributed by atoms with van der Waals surface area (Å²) < 4.78 is 0. The van der Waals surface area contributed by atoms with E-state index in [1.54, 1.807) is 0 Å². The van der Waals surface area contributed by atoms with Gasteiger partial charge in [-0.1, -0.05) is 115 Å². The van der Waals surface area contributed by atoms with Crippen LogP contribution in [-0.2, 0) is 0 Å². The van der Waals surface area contributed by atoms with Crippen molar-refractivity contribution in [2.45, 2.75) is 0 Å². The van der Waals surface area contributed by atoms with Gasteiger partial charge in [0.15, 0.2) is 0 Å². The van der Waals surface area contributed by atoms with E-state index >= 15 is 0 Å². The lowest BCUT2D eigenvalue weighted by Crippen LogP contribution is -2.65. The van der Waals surface area contributed by atoms with Crippen LogP contribution < -0.4 is 52.4 Å². The summed E-state index contributed by atoms with van der Waals surface area (Å²) in [7, 11) is 0. The van der Waals surface area contributed by atoms with Gasteiger partial charge < -0.3 is 14.7 Å². The predicted octanol–water partition coefficient (Wildman–Crippen LogP) is 9.25. The van der Waals surface area contributed by atoms with Gasteiger partial charge in [-0.3, -0.25) is 4.90 Å². The minimum Gasteiger partial charge on any atom is -0.311 e. The van der Waals surface area contributed by atoms with Crippen LogP contribution in [0.25, 0.3) is 0 Å². The Balaban J connectivity index is 1.14. The molecule has 0 saturated heterocycles. The first kappa shape index (κ1) is 33.2. The third-order valence-electron chi connectivity index (χ3n) is 12.8. The summed E-state index contributed by atoms with van der Waals surface area (Å²) in [6, 6.07) is 75.4. The molecule has 0 amide bonds. The van der Waals surface area contributed by atoms with Gasteiger partial charge in [0.05, 0.1) is 0 Å². The smallest absolute Gasteiger partial charge is 0.254 e. The molecule has 0 radical (unpaired) electrons. The van der Waals surface area contributed by atoms with Crippen molar-refractivity contribution in [3.63, 3.8) is 0 Å². The summed E-state index contributed by atoms with van der Waals surface area (Å²) in [5.41, 5.74) is 20.5. The van der Waals surface area contributed by atoms with Gasteiger partial charge in [0, 0.05) is 68.8 Å². The fourth-order valence-electron chi connectivity index (χ4n) is 10.5. The fourth-order valence-corrected chi connectivity index (χ4v) is 10.5. The average Bonchev–Trinajstić information content (AvgIpc) is 3.32. The molecule has 0 N–H and O–H groups in total. The van der Waals surface area contributed by atoms with Gasteiger partial charge in [-0.25, -0.2) is 4.98 Å². The van der Waals surface area contributed by atoms with Gasteiger partial charge in [0.1, 0.15) is 5.82 Å². The highest BCUT2D eigenvalue weighted by atomic mass is 15.2. The van der Waals surface area contributed by atoms with Crippen LogP contribution >= 0.6 is 0 Å². The Morgan fingerprint density at radius 3 is 1.18 bits per heavy atom. The minimum absolute atomic E-state index is 0.00721. The van der Waals surface area contributed by atoms with Gasteiger partial charge in [-0.05, 0) is 124 Å². The van der Waals surface area contributed by atoms with Crippen LogP contribution in [0.15, 0.2) is 212 Å². The molecular formula is C53H35B2N5. The summed E-state index contributed by atoms with van der Waals surface area (Å²) in [5.74, 6) is 0.968. The maximum atomic E-state index is 5.16. The third-order valence-corrected chi connectivity index (χ3v) is 12.8. The molecule has 1 aromatic heterocycles. The fraction of sp³-hybridized carbons (Fsp3) is 0. The molecule has 0 unspecified atom stereocenters. The van der Waals surface area contributed by atoms with Crippen LogP contribution in [0, 0.1) is 0 Å². The van der Waals surface area contributed by atoms with Crippen molar-refractivity contribution in [2.24, 2.45) is 0 Å². The highest BCUT2D eigenvalue weighted by molar-refractivity contribution is 7.03. The molecule has 5 nitrogen and oxygen atoms in total. The lowest BCUT2D eigenvalue weighted by molar-refractivity contribution is 1.18. The molecule has 5 heterocycles. The second kappa shape index (κ2) is 12.9. The Hall–Kier alpha value is -7.76. The molecule has 7 heteroatoms. The molecule has 0 fully saturated rings. The third kappa shape index (κ3) is 4.63. The molecule has 0 saturated carbocycles. The minimum atomic E-state index is -0.0541. The molecule has 0 atom stereocenters. The average molecular weight is 764 g/mol. The van der Waals surface area contributed by atoms with E-state index in [1.165, 1.54) is 66.9 Å². The van der Waals surface area contributed by atoms with Crippen molar-refractivity contribution < 1.29 is 0 Å². The Kier molecular flexibility index (Phi) is 7.13. The summed E-state index contributed by atoms with van der Waals surface area (Å²) in [4.78, 5) is 15.0. The number of rotatable bonds is 4. The number of hydrogen-bond acceptors (Lipinski definition) is 5. The van der Waals surface area contributed by atoms with Crippen LogP contribution in [0.2, 0.25) is 0 Å². The Labute approximate surface area is 350 Å². The van der Waals surface area contributed by atoms with Gasteiger partial charge >= 0.3 is 0 Å². The van der Waals surface area contributed by atoms with Gasteiger partial charge in [0.2, 0.25) is 0 Å². The number of benzene rings is 8. The molecule has 60 heavy (non-hydrogen) atoms. The number of fused-ring (bicyclic) bond motifs is 8. The quantitative estimate of drug-likeness (QED) is 0.167. The first-order valence-corrected chi connectivity index (χ1v) is 20.7. The van der Waals surface area contributed by atoms with E-state index in [2.05, 4.69) is 226 Å². The van der Waals surface area contributed by atoms with Crippen molar-refractivity contribution in [3.05, 3.63) is 212 Å². The highest BCUT2D eigenvalue weighted by Crippen LogP contribution is 2.47. The molecule has 0 bridgehead atoms. The highest BCUT2D eigenvalue weighted by Gasteiger charge is 2.48. The molecule has 4 aliphatic rings. The Bertz CT molecular complexity index is 2930. The Morgan fingerprint density at radius 1 is 0.283 bits per heavy atom. The maximum absolute atomic E-state index is 5.16. The second-order valence-electron chi connectivity index (χ2n) is 15.9. The monoisotopic (exact) mass is 763 g/mol. The van der Waals surface area contributed by atoms with E-state index in [4.69, 9.17) is 4.98 Å². The summed E-state index contributed by atoms with van der Waals surface area (Å²) >= 11 is 0. The number of para-hydroxylation sites is 5. The number of anilines is 12. The van der Waals surface area contributed by atoms with Gasteiger partial charge in [0.25, 0.3) is 13.4 Å². The van der Waals surface area contributed by atoms with Crippen LogP contribution in [0.5, 0.6) is 0 Å². The van der Waals surface area contributed by atoms with Crippen LogP contribution in [0.1, 0.15) is 0 Å². The van der Waals surface area contributed by atoms with E-state index < -0.39 is 0 Å². The van der Waals surface area contributed by atoms with Crippen molar-refractivity contribution in [1.29, 1.82) is 0 Å². The van der Waals surface area contributed by atoms with E-state index in [9.17, 15) is 0 Å². The SMILES string of the molecule is c1ccc(N2c3ccccc3B3c4cc5c(cc4N(c4ccccc4)c4cccc2c43)N(c2ccccc2)c2cccc3c2B5c2cccnc2N3c2ccccc2)cc1. The van der Waals surface area contributed by atoms with E-state index in [1.807, 2.05) is 6.20 Å². The number of pyridine rings is 1. The van der Waals surface area contributed by atoms with Gasteiger partial charge in [-0.15, -0.1) is 0 Å². The molecular weight excluding hydrogens is 728 g/mol. The largest absolute Gasteiger partial charge is 0.311 e. The molecule has 8 aromatic carbocycles. The van der Waals surface area contributed by atoms with Crippen LogP contribution in [0.4, 0.5) is 68.4 Å². The summed E-state index contributed by atoms with van der Waals surface area (Å²) in [5, 5.41) is 0. The van der Waals surface area contributed by atoms with Gasteiger partial charge in [-0.2, -0.15) is 0 Å². The molecule has 278 valence electrons. The number of nitrogens with zero attached hydrogens (tertiary/aromatic N) is 5. The number of hydrogen-bond donors (Lipinski definition) is 0. The zero-order valence-corrected chi connectivity index (χ0v) is 32.6. The van der Waals surface area contributed by atoms with Crippen LogP contribution in [-0.4, -0.2) is 18.4 Å². The zero-order chi connectivity index (χ0) is 39.3. The first-order chi connectivity index (χ1) is 29.8. The van der Waals surface area contributed by atoms with E-state index in [-0.39, 0.29) is 13.4 Å². The molecule has 13 rings (SSSR count). The first-order valence-electron chi connectivity index (χ1n) is 20.7. The zero-order valence-electron chi connectivity index (χ0n) is 32.6. The maximum Gasteiger partial charge on any atom is 0.254 e. The standard InChI is InChI=1S/C53H35B2N5/c1-5-18-36(19-6-1)57-44-28-14-13-26-40(44)54-42-34-43-50(35-49(42)58(37-20-7-2-8-21-37)46-30-15-29-45(57)51(46)54)59(38-22-9-3-10-23-38)47-31-16-32-48-52(47)55(43)41-27-17-33-56-53(41)60(48)39-24-11-4-12-25-39/h1-35H. The molecule has 9 aromatic rings. The Morgan fingerprint density at radius 2 is 0.667 bits per heavy atom. The molecule has 4 aliphatic heterocycles. The van der Waals surface area contributed by atoms with Crippen molar-refractivity contribution in [1.82, 2.24) is 4.98 Å². The predicted molar refractivity (Wildman–Crippen MR) is 252 cm³/mol. The lowest BCUT2D eigenvalue weighted by Gasteiger charge is -2.47. The van der Waals surface area contributed by atoms with Crippen molar-refractivity contribution >= 4 is 115 Å².